The van der Waals surface area contributed by atoms with E-state index in [1.165, 1.54) is 11.2 Å². The van der Waals surface area contributed by atoms with E-state index in [1.54, 1.807) is 13.8 Å². The normalized spacial score (nSPS) is 19.4. The smallest absolute Gasteiger partial charge is 0.292 e. The quantitative estimate of drug-likeness (QED) is 0.649. The van der Waals surface area contributed by atoms with Gasteiger partial charge in [0.15, 0.2) is 0 Å². The Balaban J connectivity index is 2.26. The highest BCUT2D eigenvalue weighted by molar-refractivity contribution is 5.97. The van der Waals surface area contributed by atoms with E-state index >= 15 is 0 Å². The Labute approximate surface area is 92.2 Å². The van der Waals surface area contributed by atoms with Gasteiger partial charge in [0, 0.05) is 13.1 Å². The SMILES string of the molecule is CC1(C)C(=O)NCCN1C(=O)c1ncn[nH]1. The number of rotatable bonds is 1. The molecule has 1 fully saturated rings. The third-order valence-corrected chi connectivity index (χ3v) is 2.71. The lowest BCUT2D eigenvalue weighted by molar-refractivity contribution is -0.133. The minimum Gasteiger partial charge on any atom is -0.352 e. The highest BCUT2D eigenvalue weighted by Crippen LogP contribution is 2.19. The number of aromatic nitrogens is 3. The zero-order chi connectivity index (χ0) is 11.8. The molecule has 0 aromatic carbocycles. The van der Waals surface area contributed by atoms with Crippen LogP contribution in [0, 0.1) is 0 Å². The lowest BCUT2D eigenvalue weighted by Gasteiger charge is -2.40. The molecule has 16 heavy (non-hydrogen) atoms. The second kappa shape index (κ2) is 3.58. The molecule has 2 rings (SSSR count). The van der Waals surface area contributed by atoms with Gasteiger partial charge < -0.3 is 10.2 Å². The summed E-state index contributed by atoms with van der Waals surface area (Å²) in [6, 6.07) is 0. The highest BCUT2D eigenvalue weighted by Gasteiger charge is 2.41. The Morgan fingerprint density at radius 3 is 2.94 bits per heavy atom. The van der Waals surface area contributed by atoms with E-state index in [1.807, 2.05) is 0 Å². The first-order valence-electron chi connectivity index (χ1n) is 4.99. The number of hydrogen-bond donors (Lipinski definition) is 2. The Morgan fingerprint density at radius 1 is 1.56 bits per heavy atom. The lowest BCUT2D eigenvalue weighted by atomic mass is 9.99. The largest absolute Gasteiger partial charge is 0.352 e. The predicted molar refractivity (Wildman–Crippen MR) is 54.5 cm³/mol. The minimum absolute atomic E-state index is 0.155. The van der Waals surface area contributed by atoms with Crippen molar-refractivity contribution in [2.45, 2.75) is 19.4 Å². The average Bonchev–Trinajstić information content (AvgIpc) is 2.74. The summed E-state index contributed by atoms with van der Waals surface area (Å²) in [5.74, 6) is -0.313. The number of nitrogens with zero attached hydrogens (tertiary/aromatic N) is 3. The Hall–Kier alpha value is -1.92. The Bertz CT molecular complexity index is 412. The van der Waals surface area contributed by atoms with Gasteiger partial charge in [0.1, 0.15) is 11.9 Å². The van der Waals surface area contributed by atoms with Gasteiger partial charge in [-0.25, -0.2) is 4.98 Å². The fourth-order valence-electron chi connectivity index (χ4n) is 1.69. The van der Waals surface area contributed by atoms with Crippen LogP contribution in [-0.2, 0) is 4.79 Å². The van der Waals surface area contributed by atoms with Crippen LogP contribution in [0.5, 0.6) is 0 Å². The van der Waals surface area contributed by atoms with Crippen LogP contribution >= 0.6 is 0 Å². The second-order valence-electron chi connectivity index (χ2n) is 4.11. The van der Waals surface area contributed by atoms with Crippen LogP contribution in [0.25, 0.3) is 0 Å². The van der Waals surface area contributed by atoms with Crippen LogP contribution in [0.15, 0.2) is 6.33 Å². The van der Waals surface area contributed by atoms with E-state index in [2.05, 4.69) is 20.5 Å². The zero-order valence-electron chi connectivity index (χ0n) is 9.15. The van der Waals surface area contributed by atoms with E-state index in [0.29, 0.717) is 13.1 Å². The standard InChI is InChI=1S/C9H13N5O2/c1-9(2)8(16)10-3-4-14(9)7(15)6-11-5-12-13-6/h5H,3-4H2,1-2H3,(H,10,16)(H,11,12,13). The summed E-state index contributed by atoms with van der Waals surface area (Å²) in [7, 11) is 0. The van der Waals surface area contributed by atoms with Gasteiger partial charge in [0.25, 0.3) is 5.91 Å². The topological polar surface area (TPSA) is 91.0 Å². The van der Waals surface area contributed by atoms with Crippen molar-refractivity contribution in [1.29, 1.82) is 0 Å². The van der Waals surface area contributed by atoms with Gasteiger partial charge in [-0.15, -0.1) is 0 Å². The summed E-state index contributed by atoms with van der Waals surface area (Å²) in [5, 5.41) is 8.85. The Kier molecular flexibility index (Phi) is 2.37. The van der Waals surface area contributed by atoms with Gasteiger partial charge in [-0.2, -0.15) is 5.10 Å². The first kappa shape index (κ1) is 10.6. The molecule has 0 radical (unpaired) electrons. The number of piperazine rings is 1. The van der Waals surface area contributed by atoms with Gasteiger partial charge in [-0.1, -0.05) is 0 Å². The fraction of sp³-hybridized carbons (Fsp3) is 0.556. The van der Waals surface area contributed by atoms with Crippen molar-refractivity contribution in [3.05, 3.63) is 12.2 Å². The summed E-state index contributed by atoms with van der Waals surface area (Å²) >= 11 is 0. The molecule has 0 spiro atoms. The summed E-state index contributed by atoms with van der Waals surface area (Å²) in [6.45, 7) is 4.34. The number of carbonyl (C=O) groups excluding carboxylic acids is 2. The maximum absolute atomic E-state index is 12.0. The second-order valence-corrected chi connectivity index (χ2v) is 4.11. The molecule has 2 amide bonds. The Morgan fingerprint density at radius 2 is 2.31 bits per heavy atom. The van der Waals surface area contributed by atoms with Crippen molar-refractivity contribution in [3.63, 3.8) is 0 Å². The van der Waals surface area contributed by atoms with Crippen molar-refractivity contribution < 1.29 is 9.59 Å². The molecule has 2 heterocycles. The number of carbonyl (C=O) groups is 2. The molecule has 0 saturated carbocycles. The molecule has 0 aliphatic carbocycles. The number of hydrogen-bond acceptors (Lipinski definition) is 4. The number of amides is 2. The summed E-state index contributed by atoms with van der Waals surface area (Å²) in [6.07, 6.45) is 1.27. The maximum atomic E-state index is 12.0. The molecular formula is C9H13N5O2. The van der Waals surface area contributed by atoms with Crippen LogP contribution in [0.2, 0.25) is 0 Å². The van der Waals surface area contributed by atoms with Crippen LogP contribution in [0.1, 0.15) is 24.5 Å². The average molecular weight is 223 g/mol. The molecule has 7 heteroatoms. The molecule has 1 aliphatic heterocycles. The third kappa shape index (κ3) is 1.54. The van der Waals surface area contributed by atoms with E-state index in [-0.39, 0.29) is 17.6 Å². The van der Waals surface area contributed by atoms with Crippen LogP contribution in [0.3, 0.4) is 0 Å². The monoisotopic (exact) mass is 223 g/mol. The van der Waals surface area contributed by atoms with Crippen molar-refractivity contribution in [3.8, 4) is 0 Å². The highest BCUT2D eigenvalue weighted by atomic mass is 16.2. The third-order valence-electron chi connectivity index (χ3n) is 2.71. The first-order chi connectivity index (χ1) is 7.53. The zero-order valence-corrected chi connectivity index (χ0v) is 9.15. The molecule has 1 aromatic rings. The number of H-pyrrole nitrogens is 1. The molecule has 2 N–H and O–H groups in total. The van der Waals surface area contributed by atoms with Gasteiger partial charge in [-0.05, 0) is 13.8 Å². The molecule has 1 aromatic heterocycles. The molecule has 7 nitrogen and oxygen atoms in total. The molecule has 0 unspecified atom stereocenters. The van der Waals surface area contributed by atoms with E-state index in [9.17, 15) is 9.59 Å². The van der Waals surface area contributed by atoms with Crippen LogP contribution < -0.4 is 5.32 Å². The molecule has 1 aliphatic rings. The predicted octanol–water partition coefficient (Wildman–Crippen LogP) is -0.845. The lowest BCUT2D eigenvalue weighted by Crippen LogP contribution is -2.63. The fourth-order valence-corrected chi connectivity index (χ4v) is 1.69. The molecule has 0 atom stereocenters. The van der Waals surface area contributed by atoms with Crippen molar-refractivity contribution in [2.24, 2.45) is 0 Å². The number of nitrogens with one attached hydrogen (secondary N) is 2. The van der Waals surface area contributed by atoms with Crippen molar-refractivity contribution in [2.75, 3.05) is 13.1 Å². The summed E-state index contributed by atoms with van der Waals surface area (Å²) in [5.41, 5.74) is -0.859. The van der Waals surface area contributed by atoms with E-state index in [0.717, 1.165) is 0 Å². The van der Waals surface area contributed by atoms with Crippen LogP contribution in [-0.4, -0.2) is 50.5 Å². The maximum Gasteiger partial charge on any atom is 0.292 e. The number of aromatic amines is 1. The molecule has 0 bridgehead atoms. The summed E-state index contributed by atoms with van der Waals surface area (Å²) < 4.78 is 0. The first-order valence-corrected chi connectivity index (χ1v) is 4.99. The molecular weight excluding hydrogens is 210 g/mol. The van der Waals surface area contributed by atoms with Crippen molar-refractivity contribution in [1.82, 2.24) is 25.4 Å². The van der Waals surface area contributed by atoms with Crippen molar-refractivity contribution >= 4 is 11.8 Å². The molecule has 86 valence electrons. The minimum atomic E-state index is -0.859. The van der Waals surface area contributed by atoms with E-state index < -0.39 is 5.54 Å². The van der Waals surface area contributed by atoms with Gasteiger partial charge >= 0.3 is 0 Å². The molecule has 1 saturated heterocycles. The van der Waals surface area contributed by atoms with Gasteiger partial charge in [-0.3, -0.25) is 14.7 Å². The summed E-state index contributed by atoms with van der Waals surface area (Å²) in [4.78, 5) is 29.0. The van der Waals surface area contributed by atoms with E-state index in [4.69, 9.17) is 0 Å². The van der Waals surface area contributed by atoms with Crippen LogP contribution in [0.4, 0.5) is 0 Å². The van der Waals surface area contributed by atoms with Gasteiger partial charge in [0.2, 0.25) is 11.7 Å². The van der Waals surface area contributed by atoms with Gasteiger partial charge in [0.05, 0.1) is 0 Å².